The summed E-state index contributed by atoms with van der Waals surface area (Å²) >= 11 is 5.61. The maximum absolute atomic E-state index is 12.2. The molecule has 4 nitrogen and oxygen atoms in total. The highest BCUT2D eigenvalue weighted by Gasteiger charge is 2.36. The second-order valence-corrected chi connectivity index (χ2v) is 6.25. The van der Waals surface area contributed by atoms with E-state index in [1.54, 1.807) is 14.0 Å². The fourth-order valence-corrected chi connectivity index (χ4v) is 3.37. The van der Waals surface area contributed by atoms with E-state index in [9.17, 15) is 8.42 Å². The summed E-state index contributed by atoms with van der Waals surface area (Å²) in [6, 6.07) is 1.66. The van der Waals surface area contributed by atoms with Crippen molar-refractivity contribution in [1.29, 1.82) is 0 Å². The third kappa shape index (κ3) is 1.99. The molecule has 0 aromatic carbocycles. The molecule has 0 unspecified atom stereocenters. The van der Waals surface area contributed by atoms with Crippen molar-refractivity contribution in [3.8, 4) is 0 Å². The number of hydrogen-bond donors (Lipinski definition) is 0. The molecule has 0 bridgehead atoms. The monoisotopic (exact) mass is 263 g/mol. The average molecular weight is 264 g/mol. The first-order chi connectivity index (χ1) is 7.46. The van der Waals surface area contributed by atoms with Crippen molar-refractivity contribution in [3.05, 3.63) is 17.6 Å². The van der Waals surface area contributed by atoms with E-state index >= 15 is 0 Å². The van der Waals surface area contributed by atoms with Gasteiger partial charge in [0.1, 0.15) is 16.4 Å². The molecule has 0 amide bonds. The minimum absolute atomic E-state index is 0.152. The quantitative estimate of drug-likeness (QED) is 0.782. The topological polar surface area (TPSA) is 50.5 Å². The van der Waals surface area contributed by atoms with Crippen LogP contribution in [0.4, 0.5) is 0 Å². The standard InChI is InChI=1S/C10H14ClNO3S/c1-7-10(5-9(6-11)15-7)16(13,14)12(2)8-3-4-8/h5,8H,3-4,6H2,1-2H3. The number of sulfonamides is 1. The summed E-state index contributed by atoms with van der Waals surface area (Å²) in [6.45, 7) is 1.64. The van der Waals surface area contributed by atoms with Crippen molar-refractivity contribution in [2.24, 2.45) is 0 Å². The van der Waals surface area contributed by atoms with Gasteiger partial charge < -0.3 is 4.42 Å². The van der Waals surface area contributed by atoms with Crippen LogP contribution in [0.15, 0.2) is 15.4 Å². The Labute approximate surface area is 100 Å². The average Bonchev–Trinajstić information content (AvgIpc) is 3.00. The van der Waals surface area contributed by atoms with E-state index in [1.165, 1.54) is 10.4 Å². The van der Waals surface area contributed by atoms with Crippen LogP contribution in [0.25, 0.3) is 0 Å². The zero-order valence-electron chi connectivity index (χ0n) is 9.23. The van der Waals surface area contributed by atoms with Gasteiger partial charge in [0.05, 0.1) is 5.88 Å². The van der Waals surface area contributed by atoms with Gasteiger partial charge in [0.25, 0.3) is 0 Å². The van der Waals surface area contributed by atoms with Crippen LogP contribution in [0.3, 0.4) is 0 Å². The van der Waals surface area contributed by atoms with Crippen LogP contribution in [0.2, 0.25) is 0 Å². The van der Waals surface area contributed by atoms with Gasteiger partial charge in [0, 0.05) is 19.2 Å². The maximum atomic E-state index is 12.2. The Morgan fingerprint density at radius 2 is 2.19 bits per heavy atom. The molecule has 0 saturated heterocycles. The number of furan rings is 1. The van der Waals surface area contributed by atoms with Crippen LogP contribution in [0, 0.1) is 6.92 Å². The summed E-state index contributed by atoms with van der Waals surface area (Å²) in [5, 5.41) is 0. The number of hydrogen-bond acceptors (Lipinski definition) is 3. The van der Waals surface area contributed by atoms with E-state index in [2.05, 4.69) is 0 Å². The Hall–Kier alpha value is -0.520. The molecule has 6 heteroatoms. The van der Waals surface area contributed by atoms with Crippen LogP contribution >= 0.6 is 11.6 Å². The fourth-order valence-electron chi connectivity index (χ4n) is 1.64. The van der Waals surface area contributed by atoms with E-state index in [4.69, 9.17) is 16.0 Å². The molecule has 1 aromatic heterocycles. The first-order valence-corrected chi connectivity index (χ1v) is 7.07. The van der Waals surface area contributed by atoms with Crippen LogP contribution < -0.4 is 0 Å². The van der Waals surface area contributed by atoms with Gasteiger partial charge in [-0.25, -0.2) is 8.42 Å². The SMILES string of the molecule is Cc1oc(CCl)cc1S(=O)(=O)N(C)C1CC1. The van der Waals surface area contributed by atoms with Crippen molar-refractivity contribution >= 4 is 21.6 Å². The summed E-state index contributed by atoms with van der Waals surface area (Å²) in [7, 11) is -1.80. The molecule has 0 spiro atoms. The second-order valence-electron chi connectivity index (χ2n) is 4.02. The molecule has 1 fully saturated rings. The summed E-state index contributed by atoms with van der Waals surface area (Å²) < 4.78 is 31.1. The van der Waals surface area contributed by atoms with Crippen LogP contribution in [0.1, 0.15) is 24.4 Å². The Kier molecular flexibility index (Phi) is 3.03. The normalized spacial score (nSPS) is 17.0. The molecule has 0 atom stereocenters. The lowest BCUT2D eigenvalue weighted by molar-refractivity contribution is 0.457. The van der Waals surface area contributed by atoms with Gasteiger partial charge in [0.15, 0.2) is 0 Å². The predicted octanol–water partition coefficient (Wildman–Crippen LogP) is 2.11. The first-order valence-electron chi connectivity index (χ1n) is 5.10. The lowest BCUT2D eigenvalue weighted by Gasteiger charge is -2.15. The van der Waals surface area contributed by atoms with Gasteiger partial charge in [-0.05, 0) is 19.8 Å². The number of aryl methyl sites for hydroxylation is 1. The zero-order valence-corrected chi connectivity index (χ0v) is 10.8. The molecule has 1 heterocycles. The van der Waals surface area contributed by atoms with Crippen molar-refractivity contribution in [1.82, 2.24) is 4.31 Å². The van der Waals surface area contributed by atoms with E-state index in [0.717, 1.165) is 12.8 Å². The van der Waals surface area contributed by atoms with Crippen LogP contribution in [-0.4, -0.2) is 25.8 Å². The van der Waals surface area contributed by atoms with Crippen molar-refractivity contribution < 1.29 is 12.8 Å². The maximum Gasteiger partial charge on any atom is 0.246 e. The molecule has 16 heavy (non-hydrogen) atoms. The third-order valence-electron chi connectivity index (χ3n) is 2.77. The van der Waals surface area contributed by atoms with Gasteiger partial charge in [0.2, 0.25) is 10.0 Å². The van der Waals surface area contributed by atoms with E-state index < -0.39 is 10.0 Å². The van der Waals surface area contributed by atoms with Crippen LogP contribution in [0.5, 0.6) is 0 Å². The van der Waals surface area contributed by atoms with Gasteiger partial charge >= 0.3 is 0 Å². The summed E-state index contributed by atoms with van der Waals surface area (Å²) in [4.78, 5) is 0.234. The minimum Gasteiger partial charge on any atom is -0.464 e. The largest absolute Gasteiger partial charge is 0.464 e. The lowest BCUT2D eigenvalue weighted by atomic mass is 10.4. The van der Waals surface area contributed by atoms with Gasteiger partial charge in [-0.1, -0.05) is 0 Å². The lowest BCUT2D eigenvalue weighted by Crippen LogP contribution is -2.29. The van der Waals surface area contributed by atoms with E-state index in [1.807, 2.05) is 0 Å². The summed E-state index contributed by atoms with van der Waals surface area (Å²) in [5.41, 5.74) is 0. The third-order valence-corrected chi connectivity index (χ3v) is 5.05. The molecule has 90 valence electrons. The number of halogens is 1. The van der Waals surface area contributed by atoms with E-state index in [-0.39, 0.29) is 16.8 Å². The molecule has 0 aliphatic heterocycles. The molecule has 1 aromatic rings. The van der Waals surface area contributed by atoms with Crippen molar-refractivity contribution in [3.63, 3.8) is 0 Å². The molecule has 1 saturated carbocycles. The first kappa shape index (κ1) is 12.0. The molecule has 0 radical (unpaired) electrons. The second kappa shape index (κ2) is 4.05. The van der Waals surface area contributed by atoms with Gasteiger partial charge in [-0.2, -0.15) is 4.31 Å². The van der Waals surface area contributed by atoms with Crippen LogP contribution in [-0.2, 0) is 15.9 Å². The number of rotatable bonds is 4. The Bertz CT molecular complexity index is 490. The Morgan fingerprint density at radius 1 is 1.56 bits per heavy atom. The van der Waals surface area contributed by atoms with Gasteiger partial charge in [-0.3, -0.25) is 0 Å². The van der Waals surface area contributed by atoms with Crippen molar-refractivity contribution in [2.45, 2.75) is 36.6 Å². The zero-order chi connectivity index (χ0) is 11.9. The van der Waals surface area contributed by atoms with E-state index in [0.29, 0.717) is 11.5 Å². The van der Waals surface area contributed by atoms with Crippen molar-refractivity contribution in [2.75, 3.05) is 7.05 Å². The highest BCUT2D eigenvalue weighted by Crippen LogP contribution is 2.32. The molecule has 2 rings (SSSR count). The number of alkyl halides is 1. The Balaban J connectivity index is 2.37. The summed E-state index contributed by atoms with van der Waals surface area (Å²) in [5.74, 6) is 1.08. The Morgan fingerprint density at radius 3 is 2.62 bits per heavy atom. The highest BCUT2D eigenvalue weighted by atomic mass is 35.5. The molecular formula is C10H14ClNO3S. The van der Waals surface area contributed by atoms with Gasteiger partial charge in [-0.15, -0.1) is 11.6 Å². The summed E-state index contributed by atoms with van der Waals surface area (Å²) in [6.07, 6.45) is 1.88. The molecule has 1 aliphatic carbocycles. The fraction of sp³-hybridized carbons (Fsp3) is 0.600. The molecular weight excluding hydrogens is 250 g/mol. The minimum atomic E-state index is -3.41. The highest BCUT2D eigenvalue weighted by molar-refractivity contribution is 7.89. The predicted molar refractivity (Wildman–Crippen MR) is 61.0 cm³/mol. The smallest absolute Gasteiger partial charge is 0.246 e. The number of nitrogens with zero attached hydrogens (tertiary/aromatic N) is 1. The molecule has 1 aliphatic rings. The molecule has 0 N–H and O–H groups in total.